The minimum absolute atomic E-state index is 0.0591. The van der Waals surface area contributed by atoms with Crippen LogP contribution in [0.15, 0.2) is 23.5 Å². The van der Waals surface area contributed by atoms with Gasteiger partial charge in [-0.15, -0.1) is 0 Å². The minimum atomic E-state index is -0.0591. The van der Waals surface area contributed by atoms with E-state index in [4.69, 9.17) is 10.5 Å². The third-order valence-corrected chi connectivity index (χ3v) is 1.88. The van der Waals surface area contributed by atoms with Gasteiger partial charge in [-0.3, -0.25) is 0 Å². The Bertz CT molecular complexity index is 293. The van der Waals surface area contributed by atoms with Crippen molar-refractivity contribution in [2.24, 2.45) is 5.92 Å². The third-order valence-electron chi connectivity index (χ3n) is 1.88. The van der Waals surface area contributed by atoms with Gasteiger partial charge in [0, 0.05) is 25.4 Å². The Morgan fingerprint density at radius 1 is 1.25 bits per heavy atom. The normalized spacial score (nSPS) is 17.5. The molecule has 12 heavy (non-hydrogen) atoms. The topological polar surface area (TPSA) is 50.8 Å². The van der Waals surface area contributed by atoms with Crippen LogP contribution < -0.4 is 0 Å². The molecule has 0 aromatic rings. The fraction of sp³-hybridized carbons (Fsp3) is 0.333. The first-order valence-electron chi connectivity index (χ1n) is 3.64. The summed E-state index contributed by atoms with van der Waals surface area (Å²) in [4.78, 5) is 1.73. The van der Waals surface area contributed by atoms with Crippen LogP contribution in [0.25, 0.3) is 0 Å². The Hall–Kier alpha value is -1.74. The van der Waals surface area contributed by atoms with Crippen molar-refractivity contribution in [3.05, 3.63) is 23.5 Å². The van der Waals surface area contributed by atoms with E-state index in [1.807, 2.05) is 6.92 Å². The number of hydrogen-bond acceptors (Lipinski definition) is 3. The van der Waals surface area contributed by atoms with Crippen LogP contribution in [-0.2, 0) is 0 Å². The molecule has 0 saturated carbocycles. The summed E-state index contributed by atoms with van der Waals surface area (Å²) in [6, 6.07) is 4.15. The van der Waals surface area contributed by atoms with Crippen LogP contribution in [0.2, 0.25) is 0 Å². The molecular weight excluding hydrogens is 150 g/mol. The van der Waals surface area contributed by atoms with Crippen molar-refractivity contribution >= 4 is 0 Å². The van der Waals surface area contributed by atoms with Crippen LogP contribution in [0.4, 0.5) is 0 Å². The lowest BCUT2D eigenvalue weighted by atomic mass is 9.93. The second-order valence-electron chi connectivity index (χ2n) is 2.78. The lowest BCUT2D eigenvalue weighted by molar-refractivity contribution is 0.577. The largest absolute Gasteiger partial charge is 0.355 e. The van der Waals surface area contributed by atoms with Gasteiger partial charge in [0.2, 0.25) is 0 Å². The average Bonchev–Trinajstić information content (AvgIpc) is 2.08. The first kappa shape index (κ1) is 8.36. The second-order valence-corrected chi connectivity index (χ2v) is 2.78. The SMILES string of the molecule is CC1C(C#N)=CN(C)C=C1C#N. The van der Waals surface area contributed by atoms with Crippen LogP contribution >= 0.6 is 0 Å². The van der Waals surface area contributed by atoms with Crippen LogP contribution in [0.3, 0.4) is 0 Å². The van der Waals surface area contributed by atoms with Gasteiger partial charge in [-0.2, -0.15) is 10.5 Å². The zero-order valence-corrected chi connectivity index (χ0v) is 7.07. The molecule has 0 N–H and O–H groups in total. The van der Waals surface area contributed by atoms with Gasteiger partial charge in [0.05, 0.1) is 23.3 Å². The summed E-state index contributed by atoms with van der Waals surface area (Å²) in [5.41, 5.74) is 1.27. The van der Waals surface area contributed by atoms with Gasteiger partial charge in [-0.25, -0.2) is 0 Å². The Balaban J connectivity index is 3.01. The average molecular weight is 159 g/mol. The highest BCUT2D eigenvalue weighted by molar-refractivity contribution is 5.40. The van der Waals surface area contributed by atoms with E-state index in [1.165, 1.54) is 0 Å². The molecular formula is C9H9N3. The van der Waals surface area contributed by atoms with Crippen molar-refractivity contribution in [3.63, 3.8) is 0 Å². The molecule has 0 atom stereocenters. The molecule has 0 spiro atoms. The monoisotopic (exact) mass is 159 g/mol. The Kier molecular flexibility index (Phi) is 2.16. The van der Waals surface area contributed by atoms with E-state index >= 15 is 0 Å². The molecule has 1 rings (SSSR count). The van der Waals surface area contributed by atoms with Crippen molar-refractivity contribution in [3.8, 4) is 12.1 Å². The minimum Gasteiger partial charge on any atom is -0.355 e. The molecule has 1 aliphatic rings. The van der Waals surface area contributed by atoms with Gasteiger partial charge in [0.1, 0.15) is 0 Å². The summed E-state index contributed by atoms with van der Waals surface area (Å²) in [5, 5.41) is 17.4. The van der Waals surface area contributed by atoms with Gasteiger partial charge in [0.15, 0.2) is 0 Å². The molecule has 0 saturated heterocycles. The van der Waals surface area contributed by atoms with Crippen LogP contribution in [0, 0.1) is 28.6 Å². The van der Waals surface area contributed by atoms with Crippen LogP contribution in [0.5, 0.6) is 0 Å². The first-order valence-corrected chi connectivity index (χ1v) is 3.64. The molecule has 1 aliphatic heterocycles. The van der Waals surface area contributed by atoms with E-state index in [0.717, 1.165) is 0 Å². The number of nitrogens with zero attached hydrogens (tertiary/aromatic N) is 3. The number of rotatable bonds is 0. The molecule has 3 heteroatoms. The number of allylic oxidation sites excluding steroid dienone is 2. The molecule has 1 heterocycles. The van der Waals surface area contributed by atoms with E-state index < -0.39 is 0 Å². The van der Waals surface area contributed by atoms with E-state index in [-0.39, 0.29) is 5.92 Å². The lowest BCUT2D eigenvalue weighted by Crippen LogP contribution is -2.15. The predicted octanol–water partition coefficient (Wildman–Crippen LogP) is 1.38. The van der Waals surface area contributed by atoms with Gasteiger partial charge in [0.25, 0.3) is 0 Å². The van der Waals surface area contributed by atoms with Gasteiger partial charge < -0.3 is 4.90 Å². The summed E-state index contributed by atoms with van der Waals surface area (Å²) in [6.07, 6.45) is 3.48. The van der Waals surface area contributed by atoms with Crippen LogP contribution in [-0.4, -0.2) is 11.9 Å². The summed E-state index contributed by atoms with van der Waals surface area (Å²) in [6.45, 7) is 1.86. The predicted molar refractivity (Wildman–Crippen MR) is 44.3 cm³/mol. The highest BCUT2D eigenvalue weighted by atomic mass is 15.1. The Morgan fingerprint density at radius 2 is 1.67 bits per heavy atom. The summed E-state index contributed by atoms with van der Waals surface area (Å²) in [5.74, 6) is -0.0591. The maximum absolute atomic E-state index is 8.71. The van der Waals surface area contributed by atoms with Gasteiger partial charge in [-0.1, -0.05) is 6.92 Å². The van der Waals surface area contributed by atoms with Crippen molar-refractivity contribution < 1.29 is 0 Å². The smallest absolute Gasteiger partial charge is 0.0969 e. The highest BCUT2D eigenvalue weighted by Crippen LogP contribution is 2.23. The van der Waals surface area contributed by atoms with Crippen LogP contribution in [0.1, 0.15) is 6.92 Å². The van der Waals surface area contributed by atoms with Crippen molar-refractivity contribution in [1.29, 1.82) is 10.5 Å². The van der Waals surface area contributed by atoms with Crippen molar-refractivity contribution in [2.45, 2.75) is 6.92 Å². The summed E-state index contributed by atoms with van der Waals surface area (Å²) < 4.78 is 0. The molecule has 0 bridgehead atoms. The number of hydrogen-bond donors (Lipinski definition) is 0. The van der Waals surface area contributed by atoms with E-state index in [0.29, 0.717) is 11.1 Å². The molecule has 0 amide bonds. The molecule has 0 radical (unpaired) electrons. The molecule has 3 nitrogen and oxygen atoms in total. The summed E-state index contributed by atoms with van der Waals surface area (Å²) >= 11 is 0. The molecule has 0 aliphatic carbocycles. The molecule has 60 valence electrons. The molecule has 0 aromatic carbocycles. The second kappa shape index (κ2) is 3.11. The molecule has 0 aromatic heterocycles. The Morgan fingerprint density at radius 3 is 2.00 bits per heavy atom. The standard InChI is InChI=1S/C9H9N3/c1-7-8(3-10)5-12(2)6-9(7)4-11/h5-7H,1-2H3. The zero-order chi connectivity index (χ0) is 9.14. The third kappa shape index (κ3) is 1.31. The van der Waals surface area contributed by atoms with E-state index in [2.05, 4.69) is 12.1 Å². The van der Waals surface area contributed by atoms with E-state index in [9.17, 15) is 0 Å². The van der Waals surface area contributed by atoms with Crippen molar-refractivity contribution in [2.75, 3.05) is 7.05 Å². The van der Waals surface area contributed by atoms with E-state index in [1.54, 1.807) is 24.3 Å². The first-order chi connectivity index (χ1) is 5.69. The summed E-state index contributed by atoms with van der Waals surface area (Å²) in [7, 11) is 1.81. The fourth-order valence-electron chi connectivity index (χ4n) is 1.12. The number of nitriles is 2. The fourth-order valence-corrected chi connectivity index (χ4v) is 1.12. The maximum Gasteiger partial charge on any atom is 0.0969 e. The molecule has 0 fully saturated rings. The lowest BCUT2D eigenvalue weighted by Gasteiger charge is -2.20. The quantitative estimate of drug-likeness (QED) is 0.536. The maximum atomic E-state index is 8.71. The molecule has 0 unspecified atom stereocenters. The van der Waals surface area contributed by atoms with Gasteiger partial charge in [-0.05, 0) is 0 Å². The van der Waals surface area contributed by atoms with Crippen molar-refractivity contribution in [1.82, 2.24) is 4.90 Å². The Labute approximate surface area is 71.8 Å². The van der Waals surface area contributed by atoms with Gasteiger partial charge >= 0.3 is 0 Å². The zero-order valence-electron chi connectivity index (χ0n) is 7.07. The highest BCUT2D eigenvalue weighted by Gasteiger charge is 2.18.